The van der Waals surface area contributed by atoms with Crippen molar-refractivity contribution in [3.05, 3.63) is 117 Å². The van der Waals surface area contributed by atoms with E-state index in [0.29, 0.717) is 10.0 Å². The average molecular weight is 675 g/mol. The average Bonchev–Trinajstić information content (AvgIpc) is 3.49. The third-order valence-corrected chi connectivity index (χ3v) is 59.6. The van der Waals surface area contributed by atoms with Crippen molar-refractivity contribution in [2.24, 2.45) is 0 Å². The van der Waals surface area contributed by atoms with Gasteiger partial charge in [-0.15, -0.1) is 0 Å². The Hall–Kier alpha value is -1.12. The molecule has 38 heavy (non-hydrogen) atoms. The van der Waals surface area contributed by atoms with Crippen LogP contribution in [0.3, 0.4) is 0 Å². The van der Waals surface area contributed by atoms with Crippen LogP contribution in [0.1, 0.15) is 39.2 Å². The van der Waals surface area contributed by atoms with Crippen LogP contribution >= 0.6 is 40.2 Å². The number of rotatable bonds is 5. The molecule has 0 radical (unpaired) electrons. The van der Waals surface area contributed by atoms with Crippen molar-refractivity contribution >= 4 is 55.5 Å². The Morgan fingerprint density at radius 1 is 0.789 bits per heavy atom. The van der Waals surface area contributed by atoms with Crippen molar-refractivity contribution in [2.45, 2.75) is 36.5 Å². The zero-order valence-corrected chi connectivity index (χ0v) is 28.3. The summed E-state index contributed by atoms with van der Waals surface area (Å²) in [7, 11) is 16.6. The van der Waals surface area contributed by atoms with Crippen LogP contribution in [0, 0.1) is 0 Å². The quantitative estimate of drug-likeness (QED) is 0.163. The van der Waals surface area contributed by atoms with Crippen molar-refractivity contribution in [3.63, 3.8) is 0 Å². The molecule has 0 saturated heterocycles. The van der Waals surface area contributed by atoms with Gasteiger partial charge >= 0.3 is 247 Å². The zero-order chi connectivity index (χ0) is 26.8. The molecular weight excluding hydrogens is 645 g/mol. The summed E-state index contributed by atoms with van der Waals surface area (Å²) in [6, 6.07) is 27.8. The van der Waals surface area contributed by atoms with E-state index in [9.17, 15) is 0 Å². The summed E-state index contributed by atoms with van der Waals surface area (Å²) >= 11 is 8.42. The molecule has 0 aliphatic heterocycles. The van der Waals surface area contributed by atoms with Gasteiger partial charge in [0.1, 0.15) is 0 Å². The van der Waals surface area contributed by atoms with E-state index >= 15 is 0 Å². The van der Waals surface area contributed by atoms with E-state index in [4.69, 9.17) is 40.2 Å². The second kappa shape index (κ2) is 9.76. The van der Waals surface area contributed by atoms with E-state index < -0.39 is 21.5 Å². The molecule has 0 N–H and O–H groups in total. The molecule has 0 heterocycles. The topological polar surface area (TPSA) is 0 Å². The third kappa shape index (κ3) is 3.86. The first-order chi connectivity index (χ1) is 18.2. The second-order valence-electron chi connectivity index (χ2n) is 10.9. The molecule has 0 nitrogen and oxygen atoms in total. The van der Waals surface area contributed by atoms with Gasteiger partial charge in [0.25, 0.3) is 0 Å². The Kier molecular flexibility index (Phi) is 6.95. The van der Waals surface area contributed by atoms with Gasteiger partial charge in [-0.2, -0.15) is 0 Å². The van der Waals surface area contributed by atoms with Gasteiger partial charge in [0.2, 0.25) is 0 Å². The molecule has 1 atom stereocenters. The molecule has 6 heteroatoms. The summed E-state index contributed by atoms with van der Waals surface area (Å²) in [6.07, 6.45) is 4.15. The van der Waals surface area contributed by atoms with Gasteiger partial charge in [-0.05, 0) is 0 Å². The minimum absolute atomic E-state index is 0.0413. The van der Waals surface area contributed by atoms with Gasteiger partial charge in [0.05, 0.1) is 0 Å². The molecule has 0 amide bonds. The van der Waals surface area contributed by atoms with Gasteiger partial charge in [0.15, 0.2) is 0 Å². The molecule has 0 aromatic heterocycles. The van der Waals surface area contributed by atoms with Crippen molar-refractivity contribution < 1.29 is 15.6 Å². The molecular formula is C32H29Cl4SiZr. The summed E-state index contributed by atoms with van der Waals surface area (Å²) in [5.74, 6) is -1.59. The normalized spacial score (nSPS) is 17.0. The molecule has 0 bridgehead atoms. The van der Waals surface area contributed by atoms with Crippen LogP contribution in [0.5, 0.6) is 0 Å². The summed E-state index contributed by atoms with van der Waals surface area (Å²) in [5, 5.41) is 1.14. The SMILES string of the molecule is CCC1=Cc2c(-c3cccc(Cl)c3Cl)cccc2[CH]1[Zr]([Cl])([Cl])([c]1cccc2c1Cc1ccccc1-2)[SiH](C)C. The first-order valence-corrected chi connectivity index (χ1v) is 30.1. The van der Waals surface area contributed by atoms with Crippen molar-refractivity contribution in [3.8, 4) is 22.3 Å². The van der Waals surface area contributed by atoms with E-state index in [2.05, 4.69) is 86.8 Å². The molecule has 2 aliphatic carbocycles. The van der Waals surface area contributed by atoms with Crippen LogP contribution in [0.15, 0.2) is 84.4 Å². The molecule has 0 saturated carbocycles. The third-order valence-electron chi connectivity index (χ3n) is 8.75. The predicted molar refractivity (Wildman–Crippen MR) is 168 cm³/mol. The maximum atomic E-state index is 8.29. The Bertz CT molecular complexity index is 1640. The number of benzene rings is 4. The van der Waals surface area contributed by atoms with Crippen molar-refractivity contribution in [2.75, 3.05) is 0 Å². The first-order valence-electron chi connectivity index (χ1n) is 13.2. The fraction of sp³-hybridized carbons (Fsp3) is 0.188. The molecule has 0 spiro atoms. The number of halogens is 4. The van der Waals surface area contributed by atoms with Crippen LogP contribution in [0.4, 0.5) is 0 Å². The predicted octanol–water partition coefficient (Wildman–Crippen LogP) is 10.4. The molecule has 4 aromatic rings. The number of allylic oxidation sites excluding steroid dienone is 1. The van der Waals surface area contributed by atoms with Crippen LogP contribution < -0.4 is 3.27 Å². The van der Waals surface area contributed by atoms with Crippen LogP contribution in [-0.4, -0.2) is 5.92 Å². The Labute approximate surface area is 244 Å². The van der Waals surface area contributed by atoms with Crippen molar-refractivity contribution in [1.29, 1.82) is 0 Å². The van der Waals surface area contributed by atoms with Gasteiger partial charge in [-0.3, -0.25) is 0 Å². The van der Waals surface area contributed by atoms with Crippen molar-refractivity contribution in [1.82, 2.24) is 0 Å². The van der Waals surface area contributed by atoms with Crippen LogP contribution in [0.25, 0.3) is 28.3 Å². The van der Waals surface area contributed by atoms with Crippen LogP contribution in [0.2, 0.25) is 23.1 Å². The standard InChI is InChI=1S/C17H13Cl2.C13H9.C2H7Si.2ClH.Zr/c1-2-11-9-12-5-3-6-13(15(12)10-11)14-7-4-8-16(18)17(14)19;1-3-7-12-10(5-1)9-11-6-2-4-8-13(11)12;1-3-2;;;/h3-10H,2H2,1H3;1-5,7-8H,9H2;3H,1-2H3;2*1H;/q;;;;;+2/p-2. The van der Waals surface area contributed by atoms with E-state index in [1.165, 1.54) is 42.2 Å². The molecule has 2 aliphatic rings. The summed E-state index contributed by atoms with van der Waals surface area (Å²) < 4.78 is 1.31. The maximum absolute atomic E-state index is 8.29. The Morgan fingerprint density at radius 2 is 1.45 bits per heavy atom. The second-order valence-corrected chi connectivity index (χ2v) is 53.1. The number of hydrogen-bond donors (Lipinski definition) is 0. The van der Waals surface area contributed by atoms with Gasteiger partial charge < -0.3 is 0 Å². The fourth-order valence-corrected chi connectivity index (χ4v) is 35.2. The Balaban J connectivity index is 1.61. The van der Waals surface area contributed by atoms with E-state index in [1.807, 2.05) is 18.2 Å². The molecule has 1 unspecified atom stereocenters. The molecule has 4 aromatic carbocycles. The first kappa shape index (κ1) is 27.1. The van der Waals surface area contributed by atoms with E-state index in [0.717, 1.165) is 24.0 Å². The summed E-state index contributed by atoms with van der Waals surface area (Å²) in [5.41, 5.74) is 11.1. The molecule has 0 fully saturated rings. The Morgan fingerprint density at radius 3 is 2.21 bits per heavy atom. The number of fused-ring (bicyclic) bond motifs is 4. The zero-order valence-electron chi connectivity index (χ0n) is 21.7. The van der Waals surface area contributed by atoms with Gasteiger partial charge in [0, 0.05) is 0 Å². The van der Waals surface area contributed by atoms with Gasteiger partial charge in [-0.1, -0.05) is 0 Å². The van der Waals surface area contributed by atoms with E-state index in [-0.39, 0.29) is 3.63 Å². The molecule has 6 rings (SSSR count). The summed E-state index contributed by atoms with van der Waals surface area (Å²) in [4.78, 5) is 0. The molecule has 193 valence electrons. The number of hydrogen-bond acceptors (Lipinski definition) is 0. The van der Waals surface area contributed by atoms with Crippen LogP contribution in [-0.2, 0) is 22.0 Å². The summed E-state index contributed by atoms with van der Waals surface area (Å²) in [6.45, 7) is 6.97. The fourth-order valence-electron chi connectivity index (χ4n) is 6.75. The van der Waals surface area contributed by atoms with Gasteiger partial charge in [-0.25, -0.2) is 0 Å². The minimum atomic E-state index is -4.73. The van der Waals surface area contributed by atoms with E-state index in [1.54, 1.807) is 0 Å². The monoisotopic (exact) mass is 671 g/mol.